The molecule has 4 nitrogen and oxygen atoms in total. The van der Waals surface area contributed by atoms with Gasteiger partial charge in [0, 0.05) is 32.2 Å². The predicted molar refractivity (Wildman–Crippen MR) is 114 cm³/mol. The van der Waals surface area contributed by atoms with Crippen LogP contribution in [0.3, 0.4) is 0 Å². The zero-order valence-corrected chi connectivity index (χ0v) is 17.8. The average molecular weight is 457 g/mol. The zero-order chi connectivity index (χ0) is 16.9. The molecule has 0 spiro atoms. The molecule has 1 aromatic rings. The van der Waals surface area contributed by atoms with Crippen LogP contribution in [0.5, 0.6) is 0 Å². The lowest BCUT2D eigenvalue weighted by Crippen LogP contribution is -2.43. The molecule has 0 radical (unpaired) electrons. The molecule has 1 aromatic carbocycles. The van der Waals surface area contributed by atoms with Gasteiger partial charge in [0.1, 0.15) is 0 Å². The van der Waals surface area contributed by atoms with E-state index in [1.165, 1.54) is 24.0 Å². The van der Waals surface area contributed by atoms with E-state index in [4.69, 9.17) is 15.5 Å². The zero-order valence-electron chi connectivity index (χ0n) is 15.5. The van der Waals surface area contributed by atoms with Crippen LogP contribution in [0.4, 0.5) is 0 Å². The fraction of sp³-hybridized carbons (Fsp3) is 0.650. The number of nitrogens with two attached hydrogens (primary N) is 1. The first-order chi connectivity index (χ1) is 11.6. The summed E-state index contributed by atoms with van der Waals surface area (Å²) in [6, 6.07) is 8.71. The van der Waals surface area contributed by atoms with Gasteiger partial charge in [0.2, 0.25) is 0 Å². The topological polar surface area (TPSA) is 50.9 Å². The maximum atomic E-state index is 6.25. The lowest BCUT2D eigenvalue weighted by molar-refractivity contribution is -0.0250. The van der Waals surface area contributed by atoms with Crippen molar-refractivity contribution in [2.24, 2.45) is 22.6 Å². The fourth-order valence-electron chi connectivity index (χ4n) is 3.70. The minimum Gasteiger partial charge on any atom is -0.373 e. The molecule has 0 saturated carbocycles. The standard InChI is InChI=1S/C20H31N3O.HI/c1-15-5-7-17(8-6-15)19-18(4-3-13-24-19)14-22-20(21)23-11-9-16(2)10-12-23;/h5-8,16,18-19H,3-4,9-14H2,1-2H3,(H2,21,22);1H. The number of aliphatic imine (C=N–C) groups is 1. The molecule has 2 atom stereocenters. The molecule has 0 aliphatic carbocycles. The highest BCUT2D eigenvalue weighted by Gasteiger charge is 2.27. The number of hydrogen-bond donors (Lipinski definition) is 1. The number of halogens is 1. The molecule has 2 unspecified atom stereocenters. The normalized spacial score (nSPS) is 25.5. The van der Waals surface area contributed by atoms with Gasteiger partial charge in [-0.15, -0.1) is 24.0 Å². The summed E-state index contributed by atoms with van der Waals surface area (Å²) in [5, 5.41) is 0. The summed E-state index contributed by atoms with van der Waals surface area (Å²) in [6.45, 7) is 8.12. The molecule has 2 aliphatic heterocycles. The third-order valence-electron chi connectivity index (χ3n) is 5.45. The summed E-state index contributed by atoms with van der Waals surface area (Å²) in [7, 11) is 0. The van der Waals surface area contributed by atoms with Crippen molar-refractivity contribution in [1.29, 1.82) is 0 Å². The molecule has 0 aromatic heterocycles. The number of benzene rings is 1. The van der Waals surface area contributed by atoms with E-state index in [-0.39, 0.29) is 30.1 Å². The van der Waals surface area contributed by atoms with Crippen molar-refractivity contribution >= 4 is 29.9 Å². The average Bonchev–Trinajstić information content (AvgIpc) is 2.61. The Labute approximate surface area is 169 Å². The van der Waals surface area contributed by atoms with Gasteiger partial charge in [-0.2, -0.15) is 0 Å². The number of hydrogen-bond acceptors (Lipinski definition) is 2. The lowest BCUT2D eigenvalue weighted by atomic mass is 9.89. The summed E-state index contributed by atoms with van der Waals surface area (Å²) in [5.74, 6) is 1.95. The molecule has 0 amide bonds. The maximum Gasteiger partial charge on any atom is 0.191 e. The summed E-state index contributed by atoms with van der Waals surface area (Å²) in [4.78, 5) is 6.97. The van der Waals surface area contributed by atoms with Crippen molar-refractivity contribution in [3.63, 3.8) is 0 Å². The molecule has 2 N–H and O–H groups in total. The third kappa shape index (κ3) is 5.58. The molecule has 2 aliphatic rings. The van der Waals surface area contributed by atoms with Crippen LogP contribution >= 0.6 is 24.0 Å². The van der Waals surface area contributed by atoms with Crippen LogP contribution in [-0.4, -0.2) is 37.1 Å². The Morgan fingerprint density at radius 3 is 2.56 bits per heavy atom. The largest absolute Gasteiger partial charge is 0.373 e. The Morgan fingerprint density at radius 2 is 1.88 bits per heavy atom. The number of piperidine rings is 1. The van der Waals surface area contributed by atoms with Crippen LogP contribution in [0, 0.1) is 18.8 Å². The van der Waals surface area contributed by atoms with E-state index in [0.29, 0.717) is 5.92 Å². The van der Waals surface area contributed by atoms with Crippen molar-refractivity contribution in [2.75, 3.05) is 26.2 Å². The van der Waals surface area contributed by atoms with Gasteiger partial charge in [-0.25, -0.2) is 0 Å². The number of guanidine groups is 1. The quantitative estimate of drug-likeness (QED) is 0.422. The Hall–Kier alpha value is -0.820. The Bertz CT molecular complexity index is 553. The molecule has 0 bridgehead atoms. The molecule has 2 heterocycles. The van der Waals surface area contributed by atoms with Gasteiger partial charge in [-0.1, -0.05) is 36.8 Å². The van der Waals surface area contributed by atoms with E-state index in [2.05, 4.69) is 43.0 Å². The predicted octanol–water partition coefficient (Wildman–Crippen LogP) is 4.13. The third-order valence-corrected chi connectivity index (χ3v) is 5.45. The molecular weight excluding hydrogens is 425 g/mol. The van der Waals surface area contributed by atoms with Gasteiger partial charge in [0.15, 0.2) is 5.96 Å². The molecular formula is C20H32IN3O. The molecule has 5 heteroatoms. The minimum atomic E-state index is 0. The van der Waals surface area contributed by atoms with E-state index in [1.54, 1.807) is 0 Å². The van der Waals surface area contributed by atoms with Crippen molar-refractivity contribution in [3.8, 4) is 0 Å². The number of rotatable bonds is 3. The Balaban J connectivity index is 0.00000225. The van der Waals surface area contributed by atoms with Crippen LogP contribution in [0.1, 0.15) is 49.8 Å². The van der Waals surface area contributed by atoms with Crippen LogP contribution in [-0.2, 0) is 4.74 Å². The Kier molecular flexibility index (Phi) is 8.00. The summed E-state index contributed by atoms with van der Waals surface area (Å²) < 4.78 is 6.08. The highest BCUT2D eigenvalue weighted by molar-refractivity contribution is 14.0. The van der Waals surface area contributed by atoms with Crippen LogP contribution < -0.4 is 5.73 Å². The SMILES string of the molecule is Cc1ccc(C2OCCCC2CN=C(N)N2CCC(C)CC2)cc1.I. The molecule has 3 rings (SSSR count). The summed E-state index contributed by atoms with van der Waals surface area (Å²) >= 11 is 0. The first kappa shape index (κ1) is 20.5. The van der Waals surface area contributed by atoms with E-state index in [1.807, 2.05) is 0 Å². The maximum absolute atomic E-state index is 6.25. The van der Waals surface area contributed by atoms with Crippen LogP contribution in [0.15, 0.2) is 29.3 Å². The van der Waals surface area contributed by atoms with Crippen molar-refractivity contribution in [1.82, 2.24) is 4.90 Å². The van der Waals surface area contributed by atoms with Gasteiger partial charge in [0.25, 0.3) is 0 Å². The monoisotopic (exact) mass is 457 g/mol. The van der Waals surface area contributed by atoms with Gasteiger partial charge in [0.05, 0.1) is 6.10 Å². The lowest BCUT2D eigenvalue weighted by Gasteiger charge is -2.33. The smallest absolute Gasteiger partial charge is 0.191 e. The van der Waals surface area contributed by atoms with Gasteiger partial charge >= 0.3 is 0 Å². The number of ether oxygens (including phenoxy) is 1. The first-order valence-electron chi connectivity index (χ1n) is 9.36. The van der Waals surface area contributed by atoms with E-state index in [0.717, 1.165) is 51.0 Å². The summed E-state index contributed by atoms with van der Waals surface area (Å²) in [5.41, 5.74) is 8.80. The second kappa shape index (κ2) is 9.76. The molecule has 2 saturated heterocycles. The van der Waals surface area contributed by atoms with Crippen molar-refractivity contribution in [2.45, 2.75) is 45.6 Å². The second-order valence-corrected chi connectivity index (χ2v) is 7.47. The molecule has 25 heavy (non-hydrogen) atoms. The van der Waals surface area contributed by atoms with Crippen LogP contribution in [0.25, 0.3) is 0 Å². The van der Waals surface area contributed by atoms with Gasteiger partial charge in [-0.3, -0.25) is 4.99 Å². The summed E-state index contributed by atoms with van der Waals surface area (Å²) in [6.07, 6.45) is 4.86. The molecule has 2 fully saturated rings. The Morgan fingerprint density at radius 1 is 1.20 bits per heavy atom. The van der Waals surface area contributed by atoms with Crippen LogP contribution in [0.2, 0.25) is 0 Å². The van der Waals surface area contributed by atoms with Crippen molar-refractivity contribution < 1.29 is 4.74 Å². The van der Waals surface area contributed by atoms with Crippen molar-refractivity contribution in [3.05, 3.63) is 35.4 Å². The molecule has 140 valence electrons. The van der Waals surface area contributed by atoms with Gasteiger partial charge in [-0.05, 0) is 44.1 Å². The van der Waals surface area contributed by atoms with Gasteiger partial charge < -0.3 is 15.4 Å². The minimum absolute atomic E-state index is 0. The van der Waals surface area contributed by atoms with E-state index in [9.17, 15) is 0 Å². The van der Waals surface area contributed by atoms with E-state index < -0.39 is 0 Å². The number of likely N-dealkylation sites (tertiary alicyclic amines) is 1. The highest BCUT2D eigenvalue weighted by Crippen LogP contribution is 2.34. The number of aryl methyl sites for hydroxylation is 1. The second-order valence-electron chi connectivity index (χ2n) is 7.47. The van der Waals surface area contributed by atoms with E-state index >= 15 is 0 Å². The fourth-order valence-corrected chi connectivity index (χ4v) is 3.70. The highest BCUT2D eigenvalue weighted by atomic mass is 127. The first-order valence-corrected chi connectivity index (χ1v) is 9.36. The number of nitrogens with zero attached hydrogens (tertiary/aromatic N) is 2.